The molecule has 0 fully saturated rings. The van der Waals surface area contributed by atoms with Crippen LogP contribution in [0.5, 0.6) is 5.75 Å². The van der Waals surface area contributed by atoms with Crippen molar-refractivity contribution in [2.24, 2.45) is 0 Å². The lowest BCUT2D eigenvalue weighted by Crippen LogP contribution is -1.97. The molecule has 4 heteroatoms. The molecule has 12 heavy (non-hydrogen) atoms. The normalized spacial score (nSPS) is 9.58. The number of aryl methyl sites for hydroxylation is 1. The van der Waals surface area contributed by atoms with Crippen molar-refractivity contribution < 1.29 is 13.9 Å². The van der Waals surface area contributed by atoms with Crippen LogP contribution in [0.25, 0.3) is 0 Å². The third-order valence-corrected chi connectivity index (χ3v) is 1.75. The summed E-state index contributed by atoms with van der Waals surface area (Å²) in [4.78, 5) is 9.89. The van der Waals surface area contributed by atoms with Gasteiger partial charge in [0, 0.05) is 5.02 Å². The highest BCUT2D eigenvalue weighted by Crippen LogP contribution is 2.21. The minimum absolute atomic E-state index is 0.157. The summed E-state index contributed by atoms with van der Waals surface area (Å²) in [5.74, 6) is 0.157. The monoisotopic (exact) mass is 188 g/mol. The first-order valence-electron chi connectivity index (χ1n) is 3.23. The van der Waals surface area contributed by atoms with Crippen molar-refractivity contribution in [1.29, 1.82) is 0 Å². The number of ether oxygens (including phenoxy) is 1. The number of halogens is 2. The fourth-order valence-corrected chi connectivity index (χ4v) is 0.891. The molecule has 64 valence electrons. The Morgan fingerprint density at radius 3 is 2.75 bits per heavy atom. The molecular formula is C8H6ClFO2. The van der Waals surface area contributed by atoms with Gasteiger partial charge in [0.05, 0.1) is 0 Å². The van der Waals surface area contributed by atoms with Gasteiger partial charge >= 0.3 is 6.22 Å². The van der Waals surface area contributed by atoms with Gasteiger partial charge in [0.15, 0.2) is 0 Å². The molecule has 0 saturated carbocycles. The highest BCUT2D eigenvalue weighted by atomic mass is 35.5. The van der Waals surface area contributed by atoms with Crippen LogP contribution in [0.3, 0.4) is 0 Å². The van der Waals surface area contributed by atoms with E-state index < -0.39 is 6.22 Å². The topological polar surface area (TPSA) is 26.3 Å². The molecule has 0 aliphatic rings. The van der Waals surface area contributed by atoms with Crippen molar-refractivity contribution in [3.8, 4) is 5.75 Å². The van der Waals surface area contributed by atoms with Crippen molar-refractivity contribution in [2.75, 3.05) is 0 Å². The highest BCUT2D eigenvalue weighted by molar-refractivity contribution is 6.31. The van der Waals surface area contributed by atoms with Crippen molar-refractivity contribution in [2.45, 2.75) is 6.92 Å². The molecule has 0 radical (unpaired) electrons. The van der Waals surface area contributed by atoms with Gasteiger partial charge in [-0.1, -0.05) is 11.6 Å². The maximum atomic E-state index is 11.7. The van der Waals surface area contributed by atoms with Crippen molar-refractivity contribution in [1.82, 2.24) is 0 Å². The third-order valence-electron chi connectivity index (χ3n) is 1.33. The van der Waals surface area contributed by atoms with E-state index in [4.69, 9.17) is 11.6 Å². The van der Waals surface area contributed by atoms with E-state index in [2.05, 4.69) is 4.74 Å². The molecule has 1 rings (SSSR count). The summed E-state index contributed by atoms with van der Waals surface area (Å²) >= 11 is 5.68. The van der Waals surface area contributed by atoms with Crippen LogP contribution in [-0.2, 0) is 0 Å². The quantitative estimate of drug-likeness (QED) is 0.633. The zero-order valence-corrected chi connectivity index (χ0v) is 7.06. The first-order chi connectivity index (χ1) is 5.59. The van der Waals surface area contributed by atoms with E-state index in [0.717, 1.165) is 5.56 Å². The lowest BCUT2D eigenvalue weighted by molar-refractivity contribution is 0.175. The summed E-state index contributed by atoms with van der Waals surface area (Å²) < 4.78 is 15.9. The van der Waals surface area contributed by atoms with Gasteiger partial charge in [-0.3, -0.25) is 0 Å². The SMILES string of the molecule is Cc1cc(OC(=O)F)ccc1Cl. The molecule has 0 amide bonds. The Morgan fingerprint density at radius 2 is 2.25 bits per heavy atom. The second-order valence-electron chi connectivity index (χ2n) is 2.25. The Balaban J connectivity index is 2.89. The smallest absolute Gasteiger partial charge is 0.401 e. The molecule has 0 unspecified atom stereocenters. The predicted octanol–water partition coefficient (Wildman–Crippen LogP) is 3.12. The molecule has 1 aromatic rings. The van der Waals surface area contributed by atoms with Crippen LogP contribution in [0, 0.1) is 6.92 Å². The fourth-order valence-electron chi connectivity index (χ4n) is 0.773. The fraction of sp³-hybridized carbons (Fsp3) is 0.125. The maximum Gasteiger partial charge on any atom is 0.500 e. The summed E-state index contributed by atoms with van der Waals surface area (Å²) in [7, 11) is 0. The van der Waals surface area contributed by atoms with E-state index in [9.17, 15) is 9.18 Å². The Labute approximate surface area is 73.9 Å². The molecule has 0 bridgehead atoms. The molecule has 0 N–H and O–H groups in total. The van der Waals surface area contributed by atoms with Gasteiger partial charge in [0.2, 0.25) is 0 Å². The van der Waals surface area contributed by atoms with Crippen LogP contribution in [0.2, 0.25) is 5.02 Å². The summed E-state index contributed by atoms with van der Waals surface area (Å²) in [6.45, 7) is 1.73. The number of carbonyl (C=O) groups is 1. The number of hydrogen-bond acceptors (Lipinski definition) is 2. The highest BCUT2D eigenvalue weighted by Gasteiger charge is 2.02. The molecule has 1 aromatic carbocycles. The van der Waals surface area contributed by atoms with Crippen LogP contribution in [0.4, 0.5) is 9.18 Å². The average molecular weight is 189 g/mol. The minimum atomic E-state index is -1.82. The molecular weight excluding hydrogens is 183 g/mol. The van der Waals surface area contributed by atoms with E-state index >= 15 is 0 Å². The Kier molecular flexibility index (Phi) is 2.65. The molecule has 0 aliphatic carbocycles. The summed E-state index contributed by atoms with van der Waals surface area (Å²) in [6, 6.07) is 4.45. The number of rotatable bonds is 1. The second-order valence-corrected chi connectivity index (χ2v) is 2.66. The Hall–Kier alpha value is -1.09. The van der Waals surface area contributed by atoms with E-state index in [-0.39, 0.29) is 5.75 Å². The zero-order chi connectivity index (χ0) is 9.14. The second kappa shape index (κ2) is 3.54. The summed E-state index contributed by atoms with van der Waals surface area (Å²) in [5.41, 5.74) is 0.732. The summed E-state index contributed by atoms with van der Waals surface area (Å²) in [6.07, 6.45) is -1.82. The van der Waals surface area contributed by atoms with Gasteiger partial charge in [-0.05, 0) is 30.7 Å². The van der Waals surface area contributed by atoms with E-state index in [1.54, 1.807) is 6.92 Å². The van der Waals surface area contributed by atoms with Crippen LogP contribution in [-0.4, -0.2) is 6.22 Å². The minimum Gasteiger partial charge on any atom is -0.401 e. The van der Waals surface area contributed by atoms with Gasteiger partial charge < -0.3 is 4.74 Å². The van der Waals surface area contributed by atoms with E-state index in [1.807, 2.05) is 0 Å². The average Bonchev–Trinajstić information content (AvgIpc) is 1.96. The summed E-state index contributed by atoms with van der Waals surface area (Å²) in [5, 5.41) is 0.550. The molecule has 0 spiro atoms. The van der Waals surface area contributed by atoms with Gasteiger partial charge in [-0.15, -0.1) is 4.39 Å². The molecule has 0 saturated heterocycles. The largest absolute Gasteiger partial charge is 0.500 e. The van der Waals surface area contributed by atoms with Crippen LogP contribution in [0.15, 0.2) is 18.2 Å². The van der Waals surface area contributed by atoms with Crippen molar-refractivity contribution in [3.63, 3.8) is 0 Å². The number of benzene rings is 1. The standard InChI is InChI=1S/C8H6ClFO2/c1-5-4-6(12-8(10)11)2-3-7(5)9/h2-4H,1H3. The van der Waals surface area contributed by atoms with Gasteiger partial charge in [-0.2, -0.15) is 0 Å². The van der Waals surface area contributed by atoms with E-state index in [1.165, 1.54) is 18.2 Å². The van der Waals surface area contributed by atoms with Crippen LogP contribution < -0.4 is 4.74 Å². The number of hydrogen-bond donors (Lipinski definition) is 0. The lowest BCUT2D eigenvalue weighted by Gasteiger charge is -2.00. The molecule has 0 atom stereocenters. The Bertz CT molecular complexity index is 312. The van der Waals surface area contributed by atoms with Gasteiger partial charge in [0.1, 0.15) is 5.75 Å². The maximum absolute atomic E-state index is 11.7. The molecule has 0 aliphatic heterocycles. The van der Waals surface area contributed by atoms with Crippen molar-refractivity contribution in [3.05, 3.63) is 28.8 Å². The van der Waals surface area contributed by atoms with Gasteiger partial charge in [-0.25, -0.2) is 4.79 Å². The van der Waals surface area contributed by atoms with E-state index in [0.29, 0.717) is 5.02 Å². The first kappa shape index (κ1) is 9.00. The lowest BCUT2D eigenvalue weighted by atomic mass is 10.2. The first-order valence-corrected chi connectivity index (χ1v) is 3.61. The van der Waals surface area contributed by atoms with Gasteiger partial charge in [0.25, 0.3) is 0 Å². The Morgan fingerprint density at radius 1 is 1.58 bits per heavy atom. The number of carbonyl (C=O) groups excluding carboxylic acids is 1. The molecule has 0 heterocycles. The third kappa shape index (κ3) is 2.20. The molecule has 2 nitrogen and oxygen atoms in total. The van der Waals surface area contributed by atoms with Crippen molar-refractivity contribution >= 4 is 17.8 Å². The van der Waals surface area contributed by atoms with Crippen LogP contribution >= 0.6 is 11.6 Å². The predicted molar refractivity (Wildman–Crippen MR) is 43.3 cm³/mol. The molecule has 0 aromatic heterocycles. The van der Waals surface area contributed by atoms with Crippen LogP contribution in [0.1, 0.15) is 5.56 Å². The zero-order valence-electron chi connectivity index (χ0n) is 6.30.